The van der Waals surface area contributed by atoms with Gasteiger partial charge in [0.25, 0.3) is 0 Å². The molecule has 1 heterocycles. The minimum absolute atomic E-state index is 0.120. The Morgan fingerprint density at radius 3 is 2.62 bits per heavy atom. The van der Waals surface area contributed by atoms with E-state index in [4.69, 9.17) is 4.74 Å². The van der Waals surface area contributed by atoms with Crippen molar-refractivity contribution in [2.75, 3.05) is 6.61 Å². The summed E-state index contributed by atoms with van der Waals surface area (Å²) in [5.74, 6) is 0.604. The molecule has 13 heavy (non-hydrogen) atoms. The Morgan fingerprint density at radius 2 is 2.15 bits per heavy atom. The van der Waals surface area contributed by atoms with Crippen molar-refractivity contribution in [2.24, 2.45) is 0 Å². The maximum atomic E-state index is 10.3. The Labute approximate surface area is 77.0 Å². The van der Waals surface area contributed by atoms with Crippen LogP contribution in [-0.2, 0) is 4.74 Å². The number of ether oxygens (including phenoxy) is 1. The molecule has 0 amide bonds. The minimum Gasteiger partial charge on any atom is -0.371 e. The summed E-state index contributed by atoms with van der Waals surface area (Å²) in [5.41, 5.74) is 0.479. The molecule has 0 aromatic carbocycles. The van der Waals surface area contributed by atoms with Crippen molar-refractivity contribution in [1.29, 1.82) is 0 Å². The number of nitrogens with zero attached hydrogens (tertiary/aromatic N) is 2. The van der Waals surface area contributed by atoms with E-state index in [1.165, 1.54) is 12.4 Å². The van der Waals surface area contributed by atoms with Crippen molar-refractivity contribution in [2.45, 2.75) is 20.0 Å². The van der Waals surface area contributed by atoms with Crippen molar-refractivity contribution in [3.05, 3.63) is 23.8 Å². The highest BCUT2D eigenvalue weighted by Gasteiger charge is 2.06. The van der Waals surface area contributed by atoms with Gasteiger partial charge in [-0.05, 0) is 13.8 Å². The van der Waals surface area contributed by atoms with Crippen LogP contribution in [0.2, 0.25) is 0 Å². The maximum Gasteiger partial charge on any atom is 0.156 e. The Morgan fingerprint density at radius 1 is 1.54 bits per heavy atom. The van der Waals surface area contributed by atoms with Crippen LogP contribution in [0.3, 0.4) is 0 Å². The molecule has 0 saturated carbocycles. The number of hydrogen-bond acceptors (Lipinski definition) is 4. The lowest BCUT2D eigenvalue weighted by Gasteiger charge is -2.08. The first-order valence-corrected chi connectivity index (χ1v) is 4.16. The zero-order valence-corrected chi connectivity index (χ0v) is 7.73. The predicted molar refractivity (Wildman–Crippen MR) is 47.5 cm³/mol. The van der Waals surface area contributed by atoms with Crippen LogP contribution in [0.5, 0.6) is 0 Å². The fraction of sp³-hybridized carbons (Fsp3) is 0.444. The third-order valence-electron chi connectivity index (χ3n) is 1.61. The normalized spacial score (nSPS) is 12.5. The fourth-order valence-corrected chi connectivity index (χ4v) is 0.943. The Hall–Kier alpha value is -1.29. The summed E-state index contributed by atoms with van der Waals surface area (Å²) >= 11 is 0. The van der Waals surface area contributed by atoms with Crippen LogP contribution in [0.25, 0.3) is 0 Å². The standard InChI is InChI=1S/C9H12N2O2/c1-3-13-7(2)9-10-4-8(6-12)5-11-9/h4-7H,3H2,1-2H3. The summed E-state index contributed by atoms with van der Waals surface area (Å²) in [6, 6.07) is 0. The van der Waals surface area contributed by atoms with Gasteiger partial charge in [0.15, 0.2) is 12.1 Å². The van der Waals surface area contributed by atoms with Gasteiger partial charge >= 0.3 is 0 Å². The SMILES string of the molecule is CCOC(C)c1ncc(C=O)cn1. The molecular formula is C9H12N2O2. The van der Waals surface area contributed by atoms with Crippen LogP contribution in [0.15, 0.2) is 12.4 Å². The molecule has 1 aromatic heterocycles. The van der Waals surface area contributed by atoms with Gasteiger partial charge in [0, 0.05) is 19.0 Å². The number of aldehydes is 1. The molecule has 4 heteroatoms. The van der Waals surface area contributed by atoms with E-state index in [2.05, 4.69) is 9.97 Å². The first-order valence-electron chi connectivity index (χ1n) is 4.16. The lowest BCUT2D eigenvalue weighted by atomic mass is 10.3. The molecule has 0 spiro atoms. The Bertz CT molecular complexity index is 271. The zero-order valence-electron chi connectivity index (χ0n) is 7.73. The first-order chi connectivity index (χ1) is 6.27. The van der Waals surface area contributed by atoms with E-state index in [9.17, 15) is 4.79 Å². The highest BCUT2D eigenvalue weighted by molar-refractivity contribution is 5.73. The number of carbonyl (C=O) groups excluding carboxylic acids is 1. The van der Waals surface area contributed by atoms with Gasteiger partial charge < -0.3 is 4.74 Å². The highest BCUT2D eigenvalue weighted by Crippen LogP contribution is 2.10. The molecule has 0 aliphatic rings. The summed E-state index contributed by atoms with van der Waals surface area (Å²) in [5, 5.41) is 0. The van der Waals surface area contributed by atoms with E-state index in [1.807, 2.05) is 13.8 Å². The van der Waals surface area contributed by atoms with Gasteiger partial charge in [0.05, 0.1) is 5.56 Å². The monoisotopic (exact) mass is 180 g/mol. The van der Waals surface area contributed by atoms with E-state index in [-0.39, 0.29) is 6.10 Å². The summed E-state index contributed by atoms with van der Waals surface area (Å²) in [4.78, 5) is 18.3. The maximum absolute atomic E-state index is 10.3. The summed E-state index contributed by atoms with van der Waals surface area (Å²) in [7, 11) is 0. The molecule has 4 nitrogen and oxygen atoms in total. The van der Waals surface area contributed by atoms with Gasteiger partial charge in [-0.3, -0.25) is 4.79 Å². The quantitative estimate of drug-likeness (QED) is 0.657. The van der Waals surface area contributed by atoms with Gasteiger partial charge in [0.1, 0.15) is 6.10 Å². The average Bonchev–Trinajstić information content (AvgIpc) is 2.18. The topological polar surface area (TPSA) is 52.1 Å². The molecule has 0 aliphatic carbocycles. The average molecular weight is 180 g/mol. The second-order valence-electron chi connectivity index (χ2n) is 2.59. The molecule has 1 atom stereocenters. The van der Waals surface area contributed by atoms with Crippen LogP contribution in [0.1, 0.15) is 36.1 Å². The van der Waals surface area contributed by atoms with Crippen molar-refractivity contribution in [1.82, 2.24) is 9.97 Å². The van der Waals surface area contributed by atoms with Gasteiger partial charge in [-0.15, -0.1) is 0 Å². The molecule has 1 aromatic rings. The summed E-state index contributed by atoms with van der Waals surface area (Å²) < 4.78 is 5.29. The number of aromatic nitrogens is 2. The van der Waals surface area contributed by atoms with E-state index < -0.39 is 0 Å². The third kappa shape index (κ3) is 2.59. The van der Waals surface area contributed by atoms with Crippen LogP contribution in [0, 0.1) is 0 Å². The molecule has 0 radical (unpaired) electrons. The second-order valence-corrected chi connectivity index (χ2v) is 2.59. The third-order valence-corrected chi connectivity index (χ3v) is 1.61. The van der Waals surface area contributed by atoms with E-state index in [1.54, 1.807) is 0 Å². The Kier molecular flexibility index (Phi) is 3.52. The molecule has 0 fully saturated rings. The van der Waals surface area contributed by atoms with Crippen molar-refractivity contribution in [3.63, 3.8) is 0 Å². The smallest absolute Gasteiger partial charge is 0.156 e. The molecule has 0 aliphatic heterocycles. The number of rotatable bonds is 4. The van der Waals surface area contributed by atoms with Crippen LogP contribution in [0.4, 0.5) is 0 Å². The molecular weight excluding hydrogens is 168 g/mol. The Balaban J connectivity index is 2.73. The van der Waals surface area contributed by atoms with Gasteiger partial charge in [-0.2, -0.15) is 0 Å². The predicted octanol–water partition coefficient (Wildman–Crippen LogP) is 1.39. The minimum atomic E-state index is -0.120. The molecule has 70 valence electrons. The first kappa shape index (κ1) is 9.80. The van der Waals surface area contributed by atoms with Crippen molar-refractivity contribution < 1.29 is 9.53 Å². The van der Waals surface area contributed by atoms with Gasteiger partial charge in [-0.1, -0.05) is 0 Å². The van der Waals surface area contributed by atoms with E-state index >= 15 is 0 Å². The summed E-state index contributed by atoms with van der Waals surface area (Å²) in [6.45, 7) is 4.41. The lowest BCUT2D eigenvalue weighted by Crippen LogP contribution is -2.05. The second kappa shape index (κ2) is 4.67. The molecule has 1 unspecified atom stereocenters. The van der Waals surface area contributed by atoms with Crippen LogP contribution >= 0.6 is 0 Å². The zero-order chi connectivity index (χ0) is 9.68. The molecule has 1 rings (SSSR count). The van der Waals surface area contributed by atoms with Crippen LogP contribution in [-0.4, -0.2) is 22.9 Å². The molecule has 0 saturated heterocycles. The lowest BCUT2D eigenvalue weighted by molar-refractivity contribution is 0.0700. The highest BCUT2D eigenvalue weighted by atomic mass is 16.5. The van der Waals surface area contributed by atoms with Gasteiger partial charge in [0.2, 0.25) is 0 Å². The van der Waals surface area contributed by atoms with Crippen molar-refractivity contribution in [3.8, 4) is 0 Å². The number of hydrogen-bond donors (Lipinski definition) is 0. The fourth-order valence-electron chi connectivity index (χ4n) is 0.943. The molecule has 0 N–H and O–H groups in total. The van der Waals surface area contributed by atoms with Crippen molar-refractivity contribution >= 4 is 6.29 Å². The summed E-state index contributed by atoms with van der Waals surface area (Å²) in [6.07, 6.45) is 3.58. The van der Waals surface area contributed by atoms with E-state index in [0.717, 1.165) is 6.29 Å². The van der Waals surface area contributed by atoms with Gasteiger partial charge in [-0.25, -0.2) is 9.97 Å². The van der Waals surface area contributed by atoms with E-state index in [0.29, 0.717) is 18.0 Å². The largest absolute Gasteiger partial charge is 0.371 e. The molecule has 0 bridgehead atoms. The van der Waals surface area contributed by atoms with Crippen LogP contribution < -0.4 is 0 Å². The number of carbonyl (C=O) groups is 1.